The van der Waals surface area contributed by atoms with Gasteiger partial charge in [0.05, 0.1) is 0 Å². The lowest BCUT2D eigenvalue weighted by Crippen LogP contribution is -2.57. The number of carbonyl (C=O) groups excluding carboxylic acids is 6. The van der Waals surface area contributed by atoms with Gasteiger partial charge in [-0.3, -0.25) is 14.4 Å². The van der Waals surface area contributed by atoms with E-state index in [0.717, 1.165) is 0 Å². The molecule has 46 heavy (non-hydrogen) atoms. The first-order chi connectivity index (χ1) is 21.1. The van der Waals surface area contributed by atoms with Crippen LogP contribution in [0.5, 0.6) is 0 Å². The van der Waals surface area contributed by atoms with E-state index >= 15 is 0 Å². The van der Waals surface area contributed by atoms with Crippen molar-refractivity contribution >= 4 is 35.6 Å². The zero-order valence-electron chi connectivity index (χ0n) is 30.7. The number of cyclic esters (lactones) is 3. The van der Waals surface area contributed by atoms with E-state index in [1.807, 2.05) is 13.8 Å². The predicted molar refractivity (Wildman–Crippen MR) is 173 cm³/mol. The van der Waals surface area contributed by atoms with Crippen molar-refractivity contribution in [1.82, 2.24) is 14.7 Å². The first kappa shape index (κ1) is 40.8. The molecule has 1 rings (SSSR count). The number of carbonyl (C=O) groups is 6. The minimum atomic E-state index is -1.28. The molecule has 0 N–H and O–H groups in total. The van der Waals surface area contributed by atoms with Crippen molar-refractivity contribution in [3.63, 3.8) is 0 Å². The molecule has 0 aromatic heterocycles. The van der Waals surface area contributed by atoms with Gasteiger partial charge < -0.3 is 28.9 Å². The lowest BCUT2D eigenvalue weighted by molar-refractivity contribution is -0.181. The minimum absolute atomic E-state index is 0.0411. The van der Waals surface area contributed by atoms with Gasteiger partial charge in [-0.2, -0.15) is 0 Å². The number of hydrogen-bond donors (Lipinski definition) is 0. The topological polar surface area (TPSA) is 140 Å². The molecule has 0 bridgehead atoms. The van der Waals surface area contributed by atoms with Gasteiger partial charge in [0, 0.05) is 21.1 Å². The van der Waals surface area contributed by atoms with Crippen LogP contribution in [-0.2, 0) is 43.0 Å². The second kappa shape index (κ2) is 17.1. The maximum atomic E-state index is 13.9. The van der Waals surface area contributed by atoms with Crippen molar-refractivity contribution in [2.24, 2.45) is 35.5 Å². The summed E-state index contributed by atoms with van der Waals surface area (Å²) in [6.45, 7) is 21.0. The smallest absolute Gasteiger partial charge is 0.329 e. The number of hydrogen-bond acceptors (Lipinski definition) is 9. The maximum absolute atomic E-state index is 13.9. The molecule has 1 aliphatic heterocycles. The molecular formula is C34H59N3O9. The zero-order valence-corrected chi connectivity index (χ0v) is 30.7. The Bertz CT molecular complexity index is 1090. The summed E-state index contributed by atoms with van der Waals surface area (Å²) in [5, 5.41) is 0. The number of nitrogens with zero attached hydrogens (tertiary/aromatic N) is 3. The molecule has 0 saturated carbocycles. The fraction of sp³-hybridized carbons (Fsp3) is 0.824. The Hall–Kier alpha value is -3.18. The van der Waals surface area contributed by atoms with Crippen molar-refractivity contribution in [3.8, 4) is 0 Å². The number of ether oxygens (including phenoxy) is 3. The molecule has 0 aromatic rings. The predicted octanol–water partition coefficient (Wildman–Crippen LogP) is 3.54. The van der Waals surface area contributed by atoms with Crippen LogP contribution in [0.2, 0.25) is 0 Å². The van der Waals surface area contributed by atoms with Crippen LogP contribution < -0.4 is 0 Å². The Morgan fingerprint density at radius 1 is 0.457 bits per heavy atom. The van der Waals surface area contributed by atoms with E-state index < -0.39 is 102 Å². The summed E-state index contributed by atoms with van der Waals surface area (Å²) < 4.78 is 17.5. The molecule has 3 unspecified atom stereocenters. The first-order valence-corrected chi connectivity index (χ1v) is 16.5. The van der Waals surface area contributed by atoms with E-state index in [1.54, 1.807) is 69.2 Å². The lowest BCUT2D eigenvalue weighted by atomic mass is 9.97. The van der Waals surface area contributed by atoms with Gasteiger partial charge in [-0.15, -0.1) is 0 Å². The molecule has 3 amide bonds. The van der Waals surface area contributed by atoms with Gasteiger partial charge in [0.25, 0.3) is 17.7 Å². The first-order valence-electron chi connectivity index (χ1n) is 16.5. The molecule has 6 atom stereocenters. The second-order valence-electron chi connectivity index (χ2n) is 14.7. The fourth-order valence-electron chi connectivity index (χ4n) is 5.65. The molecule has 1 saturated heterocycles. The van der Waals surface area contributed by atoms with Crippen molar-refractivity contribution < 1.29 is 43.0 Å². The molecular weight excluding hydrogens is 594 g/mol. The lowest BCUT2D eigenvalue weighted by Gasteiger charge is -2.38. The third-order valence-electron chi connectivity index (χ3n) is 8.33. The Labute approximate surface area is 275 Å². The van der Waals surface area contributed by atoms with E-state index in [2.05, 4.69) is 0 Å². The third-order valence-corrected chi connectivity index (χ3v) is 8.33. The van der Waals surface area contributed by atoms with Crippen molar-refractivity contribution in [3.05, 3.63) is 0 Å². The van der Waals surface area contributed by atoms with Crippen LogP contribution in [0.4, 0.5) is 0 Å². The largest absolute Gasteiger partial charge is 0.450 e. The van der Waals surface area contributed by atoms with E-state index in [-0.39, 0.29) is 12.3 Å². The Morgan fingerprint density at radius 3 is 1.00 bits per heavy atom. The van der Waals surface area contributed by atoms with E-state index in [4.69, 9.17) is 14.2 Å². The summed E-state index contributed by atoms with van der Waals surface area (Å²) in [5.74, 6) is -6.57. The van der Waals surface area contributed by atoms with Crippen molar-refractivity contribution in [2.75, 3.05) is 21.1 Å². The molecule has 0 aromatic carbocycles. The molecule has 1 aliphatic rings. The highest BCUT2D eigenvalue weighted by Gasteiger charge is 2.44. The van der Waals surface area contributed by atoms with Gasteiger partial charge in [-0.25, -0.2) is 14.4 Å². The van der Waals surface area contributed by atoms with E-state index in [9.17, 15) is 28.8 Å². The normalized spacial score (nSPS) is 27.2. The van der Waals surface area contributed by atoms with Gasteiger partial charge in [-0.05, 0) is 41.9 Å². The molecule has 264 valence electrons. The highest BCUT2D eigenvalue weighted by molar-refractivity contribution is 5.94. The summed E-state index contributed by atoms with van der Waals surface area (Å²) in [5.41, 5.74) is 0. The average Bonchev–Trinajstić information content (AvgIpc) is 2.93. The van der Waals surface area contributed by atoms with E-state index in [1.165, 1.54) is 35.8 Å². The Balaban J connectivity index is 3.94. The van der Waals surface area contributed by atoms with Gasteiger partial charge in [0.2, 0.25) is 0 Å². The number of rotatable bonds is 7. The van der Waals surface area contributed by atoms with Crippen LogP contribution in [0.25, 0.3) is 0 Å². The van der Waals surface area contributed by atoms with Crippen LogP contribution in [-0.4, -0.2) is 108 Å². The number of likely N-dealkylation sites (N-methyl/N-ethyl adjacent to an activating group) is 3. The zero-order chi connectivity index (χ0) is 36.0. The second-order valence-corrected chi connectivity index (χ2v) is 14.7. The number of amides is 3. The standard InChI is InChI=1S/C34H59N3O9/c1-17(2)16-23-32(41)44-27(21(9)10)30(39)36(14)25(19(5)6)34(43)46-28(22(11)12)31(40)37(15)24(18(3)4)33(42)45-26(20(7)8)29(38)35(23)13/h17-28H,16H2,1-15H3/t23-,24-,25-,26?,27?,28?/m0/s1. The summed E-state index contributed by atoms with van der Waals surface area (Å²) >= 11 is 0. The molecule has 0 spiro atoms. The molecule has 1 heterocycles. The molecule has 0 radical (unpaired) electrons. The highest BCUT2D eigenvalue weighted by Crippen LogP contribution is 2.25. The molecule has 1 fully saturated rings. The SMILES string of the molecule is CC(C)C[C@H]1C(=O)OC(C(C)C)C(=O)N(C)[C@@H](C(C)C)C(=O)OC(C(C)C)C(=O)N(C)[C@@H](C(C)C)C(=O)OC(C(C)C)C(=O)N1C. The number of esters is 3. The van der Waals surface area contributed by atoms with Gasteiger partial charge in [0.1, 0.15) is 18.1 Å². The van der Waals surface area contributed by atoms with Crippen LogP contribution in [0.15, 0.2) is 0 Å². The highest BCUT2D eigenvalue weighted by atomic mass is 16.6. The quantitative estimate of drug-likeness (QED) is 0.298. The Kier molecular flexibility index (Phi) is 15.2. The third kappa shape index (κ3) is 9.91. The maximum Gasteiger partial charge on any atom is 0.329 e. The summed E-state index contributed by atoms with van der Waals surface area (Å²) in [6.07, 6.45) is -3.61. The average molecular weight is 654 g/mol. The van der Waals surface area contributed by atoms with Gasteiger partial charge >= 0.3 is 17.9 Å². The van der Waals surface area contributed by atoms with Crippen LogP contribution in [0, 0.1) is 35.5 Å². The molecule has 12 nitrogen and oxygen atoms in total. The minimum Gasteiger partial charge on any atom is -0.450 e. The van der Waals surface area contributed by atoms with Gasteiger partial charge in [0.15, 0.2) is 18.3 Å². The van der Waals surface area contributed by atoms with E-state index in [0.29, 0.717) is 0 Å². The van der Waals surface area contributed by atoms with Crippen molar-refractivity contribution in [2.45, 2.75) is 126 Å². The summed E-state index contributed by atoms with van der Waals surface area (Å²) in [6, 6.07) is -3.31. The van der Waals surface area contributed by atoms with Crippen LogP contribution in [0.3, 0.4) is 0 Å². The van der Waals surface area contributed by atoms with Gasteiger partial charge in [-0.1, -0.05) is 83.1 Å². The summed E-state index contributed by atoms with van der Waals surface area (Å²) in [7, 11) is 4.32. The molecule has 0 aliphatic carbocycles. The Morgan fingerprint density at radius 2 is 0.739 bits per heavy atom. The summed E-state index contributed by atoms with van der Waals surface area (Å²) in [4.78, 5) is 86.6. The fourth-order valence-corrected chi connectivity index (χ4v) is 5.65. The van der Waals surface area contributed by atoms with Crippen molar-refractivity contribution in [1.29, 1.82) is 0 Å². The van der Waals surface area contributed by atoms with Crippen LogP contribution in [0.1, 0.15) is 89.5 Å². The van der Waals surface area contributed by atoms with Crippen LogP contribution >= 0.6 is 0 Å². The molecule has 12 heteroatoms. The monoisotopic (exact) mass is 653 g/mol.